The summed E-state index contributed by atoms with van der Waals surface area (Å²) < 4.78 is 0. The summed E-state index contributed by atoms with van der Waals surface area (Å²) in [5.41, 5.74) is 8.38. The number of rotatable bonds is 7. The van der Waals surface area contributed by atoms with Gasteiger partial charge < -0.3 is 15.0 Å². The molecule has 4 heteroatoms. The second-order valence-corrected chi connectivity index (χ2v) is 9.36. The summed E-state index contributed by atoms with van der Waals surface area (Å²) in [6.45, 7) is 4.21. The number of anilines is 1. The lowest BCUT2D eigenvalue weighted by Gasteiger charge is -2.25. The Morgan fingerprint density at radius 2 is 1.74 bits per heavy atom. The number of hydrogen-bond acceptors (Lipinski definition) is 2. The summed E-state index contributed by atoms with van der Waals surface area (Å²) in [5.74, 6) is -0.886. The highest BCUT2D eigenvalue weighted by molar-refractivity contribution is 6.03. The van der Waals surface area contributed by atoms with Crippen LogP contribution in [-0.2, 0) is 12.8 Å². The van der Waals surface area contributed by atoms with Gasteiger partial charge in [-0.2, -0.15) is 0 Å². The Morgan fingerprint density at radius 3 is 2.59 bits per heavy atom. The zero-order valence-electron chi connectivity index (χ0n) is 19.8. The van der Waals surface area contributed by atoms with E-state index in [1.165, 1.54) is 29.7 Å². The predicted molar refractivity (Wildman–Crippen MR) is 140 cm³/mol. The van der Waals surface area contributed by atoms with Crippen molar-refractivity contribution in [3.63, 3.8) is 0 Å². The number of H-pyrrole nitrogens is 1. The Bertz CT molecular complexity index is 1320. The molecule has 0 saturated heterocycles. The van der Waals surface area contributed by atoms with Gasteiger partial charge in [0.25, 0.3) is 0 Å². The van der Waals surface area contributed by atoms with Crippen LogP contribution in [0.3, 0.4) is 0 Å². The first-order valence-corrected chi connectivity index (χ1v) is 12.4. The van der Waals surface area contributed by atoms with Gasteiger partial charge in [-0.3, -0.25) is 0 Å². The van der Waals surface area contributed by atoms with Gasteiger partial charge in [0, 0.05) is 29.7 Å². The van der Waals surface area contributed by atoms with Crippen molar-refractivity contribution >= 4 is 22.6 Å². The minimum Gasteiger partial charge on any atom is -0.477 e. The van der Waals surface area contributed by atoms with Crippen molar-refractivity contribution in [3.05, 3.63) is 89.1 Å². The van der Waals surface area contributed by atoms with Gasteiger partial charge in [-0.25, -0.2) is 4.79 Å². The average Bonchev–Trinajstić information content (AvgIpc) is 3.10. The minimum absolute atomic E-state index is 0.330. The fourth-order valence-electron chi connectivity index (χ4n) is 5.42. The first-order valence-electron chi connectivity index (χ1n) is 12.4. The fraction of sp³-hybridized carbons (Fsp3) is 0.300. The highest BCUT2D eigenvalue weighted by Gasteiger charge is 2.20. The van der Waals surface area contributed by atoms with Crippen LogP contribution in [-0.4, -0.2) is 29.1 Å². The maximum atomic E-state index is 12.1. The largest absolute Gasteiger partial charge is 0.477 e. The predicted octanol–water partition coefficient (Wildman–Crippen LogP) is 7.01. The number of aryl methyl sites for hydroxylation is 3. The molecule has 3 aromatic carbocycles. The molecular weight excluding hydrogens is 420 g/mol. The number of carboxylic acids is 1. The molecule has 0 saturated carbocycles. The number of nitrogens with zero attached hydrogens (tertiary/aromatic N) is 1. The number of hydrogen-bond donors (Lipinski definition) is 2. The third-order valence-electron chi connectivity index (χ3n) is 7.15. The van der Waals surface area contributed by atoms with E-state index >= 15 is 0 Å². The Morgan fingerprint density at radius 1 is 0.941 bits per heavy atom. The van der Waals surface area contributed by atoms with Crippen molar-refractivity contribution in [1.82, 2.24) is 4.98 Å². The first kappa shape index (κ1) is 22.3. The van der Waals surface area contributed by atoms with Crippen LogP contribution >= 0.6 is 0 Å². The molecule has 0 fully saturated rings. The first-order chi connectivity index (χ1) is 16.6. The van der Waals surface area contributed by atoms with E-state index in [9.17, 15) is 9.90 Å². The standard InChI is InChI=1S/C30H32N2O2/c1-21-11-2-4-14-23(21)24-16-10-17-25-26(29(30(33)34)31-28(24)25)15-7-9-20-32-19-8-6-13-22-12-3-5-18-27(22)32/h2-5,10-12,14,16-18,31H,6-9,13,15,19-20H2,1H3,(H,33,34). The van der Waals surface area contributed by atoms with E-state index in [1.807, 2.05) is 18.2 Å². The molecule has 0 amide bonds. The van der Waals surface area contributed by atoms with Gasteiger partial charge in [0.1, 0.15) is 5.69 Å². The molecule has 0 spiro atoms. The van der Waals surface area contributed by atoms with Crippen molar-refractivity contribution in [3.8, 4) is 11.1 Å². The summed E-state index contributed by atoms with van der Waals surface area (Å²) in [5, 5.41) is 11.0. The van der Waals surface area contributed by atoms with E-state index in [-0.39, 0.29) is 0 Å². The molecule has 2 heterocycles. The van der Waals surface area contributed by atoms with E-state index in [0.29, 0.717) is 5.69 Å². The zero-order chi connectivity index (χ0) is 23.5. The Balaban J connectivity index is 1.37. The van der Waals surface area contributed by atoms with Crippen molar-refractivity contribution < 1.29 is 9.90 Å². The second-order valence-electron chi connectivity index (χ2n) is 9.36. The molecule has 0 atom stereocenters. The van der Waals surface area contributed by atoms with Crippen LogP contribution in [0.2, 0.25) is 0 Å². The number of unbranched alkanes of at least 4 members (excludes halogenated alkanes) is 1. The summed E-state index contributed by atoms with van der Waals surface area (Å²) >= 11 is 0. The molecule has 4 aromatic rings. The highest BCUT2D eigenvalue weighted by atomic mass is 16.4. The number of benzene rings is 3. The number of aromatic nitrogens is 1. The number of para-hydroxylation sites is 2. The molecule has 0 bridgehead atoms. The van der Waals surface area contributed by atoms with Gasteiger partial charge in [0.15, 0.2) is 0 Å². The number of nitrogens with one attached hydrogen (secondary N) is 1. The molecule has 0 aliphatic carbocycles. The summed E-state index contributed by atoms with van der Waals surface area (Å²) in [6, 6.07) is 23.2. The second kappa shape index (κ2) is 9.76. The molecule has 0 radical (unpaired) electrons. The SMILES string of the molecule is Cc1ccccc1-c1cccc2c(CCCCN3CCCCc4ccccc43)c(C(=O)O)[nH]c12. The summed E-state index contributed by atoms with van der Waals surface area (Å²) in [4.78, 5) is 17.9. The van der Waals surface area contributed by atoms with Gasteiger partial charge in [0.2, 0.25) is 0 Å². The molecule has 5 rings (SSSR count). The molecular formula is C30H32N2O2. The van der Waals surface area contributed by atoms with Gasteiger partial charge in [-0.1, -0.05) is 60.7 Å². The van der Waals surface area contributed by atoms with Crippen molar-refractivity contribution in [1.29, 1.82) is 0 Å². The van der Waals surface area contributed by atoms with Gasteiger partial charge in [-0.05, 0) is 73.8 Å². The van der Waals surface area contributed by atoms with Crippen LogP contribution in [0.25, 0.3) is 22.0 Å². The van der Waals surface area contributed by atoms with Crippen molar-refractivity contribution in [2.75, 3.05) is 18.0 Å². The third kappa shape index (κ3) is 4.33. The summed E-state index contributed by atoms with van der Waals surface area (Å²) in [6.07, 6.45) is 6.38. The lowest BCUT2D eigenvalue weighted by Crippen LogP contribution is -2.25. The van der Waals surface area contributed by atoms with Crippen LogP contribution in [0.5, 0.6) is 0 Å². The molecule has 1 aromatic heterocycles. The van der Waals surface area contributed by atoms with Crippen LogP contribution < -0.4 is 4.90 Å². The molecule has 174 valence electrons. The van der Waals surface area contributed by atoms with Gasteiger partial charge >= 0.3 is 5.97 Å². The lowest BCUT2D eigenvalue weighted by atomic mass is 9.97. The summed E-state index contributed by atoms with van der Waals surface area (Å²) in [7, 11) is 0. The van der Waals surface area contributed by atoms with Crippen LogP contribution in [0.4, 0.5) is 5.69 Å². The molecule has 4 nitrogen and oxygen atoms in total. The van der Waals surface area contributed by atoms with Crippen LogP contribution in [0, 0.1) is 6.92 Å². The number of carbonyl (C=O) groups is 1. The highest BCUT2D eigenvalue weighted by Crippen LogP contribution is 2.34. The monoisotopic (exact) mass is 452 g/mol. The van der Waals surface area contributed by atoms with E-state index in [4.69, 9.17) is 0 Å². The Hall–Kier alpha value is -3.53. The maximum Gasteiger partial charge on any atom is 0.352 e. The number of fused-ring (bicyclic) bond motifs is 2. The molecule has 0 unspecified atom stereocenters. The Labute approximate surface area is 201 Å². The van der Waals surface area contributed by atoms with Crippen molar-refractivity contribution in [2.45, 2.75) is 45.4 Å². The third-order valence-corrected chi connectivity index (χ3v) is 7.15. The van der Waals surface area contributed by atoms with Crippen LogP contribution in [0.15, 0.2) is 66.7 Å². The van der Waals surface area contributed by atoms with Crippen molar-refractivity contribution in [2.24, 2.45) is 0 Å². The zero-order valence-corrected chi connectivity index (χ0v) is 19.8. The van der Waals surface area contributed by atoms with E-state index in [2.05, 4.69) is 65.3 Å². The van der Waals surface area contributed by atoms with E-state index in [0.717, 1.165) is 66.4 Å². The lowest BCUT2D eigenvalue weighted by molar-refractivity contribution is 0.0690. The molecule has 34 heavy (non-hydrogen) atoms. The molecule has 1 aliphatic heterocycles. The number of carboxylic acid groups (broad SMARTS) is 1. The molecule has 1 aliphatic rings. The Kier molecular flexibility index (Phi) is 6.39. The van der Waals surface area contributed by atoms with E-state index in [1.54, 1.807) is 0 Å². The fourth-order valence-corrected chi connectivity index (χ4v) is 5.42. The quantitative estimate of drug-likeness (QED) is 0.297. The molecule has 2 N–H and O–H groups in total. The maximum absolute atomic E-state index is 12.1. The average molecular weight is 453 g/mol. The smallest absolute Gasteiger partial charge is 0.352 e. The number of aromatic carboxylic acids is 1. The topological polar surface area (TPSA) is 56.3 Å². The van der Waals surface area contributed by atoms with Gasteiger partial charge in [0.05, 0.1) is 5.52 Å². The number of aromatic amines is 1. The van der Waals surface area contributed by atoms with Gasteiger partial charge in [-0.15, -0.1) is 0 Å². The minimum atomic E-state index is -0.886. The van der Waals surface area contributed by atoms with E-state index < -0.39 is 5.97 Å². The normalized spacial score (nSPS) is 13.6. The van der Waals surface area contributed by atoms with Crippen LogP contribution in [0.1, 0.15) is 52.9 Å².